The van der Waals surface area contributed by atoms with Crippen LogP contribution in [0.15, 0.2) is 11.8 Å². The van der Waals surface area contributed by atoms with E-state index < -0.39 is 29.3 Å². The number of hydrogen-bond donors (Lipinski definition) is 0. The summed E-state index contributed by atoms with van der Waals surface area (Å²) in [5.41, 5.74) is -1.38. The van der Waals surface area contributed by atoms with Crippen molar-refractivity contribution in [3.63, 3.8) is 0 Å². The average molecular weight is 323 g/mol. The fraction of sp³-hybridized carbons (Fsp3) is 0.714. The second kappa shape index (κ2) is 7.46. The molecule has 0 aromatic carbocycles. The summed E-state index contributed by atoms with van der Waals surface area (Å²) in [7, 11) is 0. The van der Waals surface area contributed by atoms with E-state index in [0.29, 0.717) is 0 Å². The van der Waals surface area contributed by atoms with Gasteiger partial charge in [-0.05, 0) is 41.5 Å². The Morgan fingerprint density at radius 2 is 1.62 bits per heavy atom. The molecule has 0 radical (unpaired) electrons. The first-order chi connectivity index (χ1) is 8.89. The van der Waals surface area contributed by atoms with Crippen LogP contribution < -0.4 is 56.5 Å². The van der Waals surface area contributed by atoms with Crippen LogP contribution in [0.4, 0.5) is 4.79 Å². The molecule has 1 atom stereocenters. The maximum atomic E-state index is 12.0. The van der Waals surface area contributed by atoms with Crippen LogP contribution in [0.5, 0.6) is 0 Å². The number of carbonyl (C=O) groups is 2. The predicted molar refractivity (Wildman–Crippen MR) is 70.7 cm³/mol. The summed E-state index contributed by atoms with van der Waals surface area (Å²) in [6.07, 6.45) is 0.494. The molecule has 1 amide bonds. The molecule has 1 aliphatic heterocycles. The second-order valence-corrected chi connectivity index (χ2v) is 6.72. The van der Waals surface area contributed by atoms with E-state index in [1.807, 2.05) is 0 Å². The van der Waals surface area contributed by atoms with E-state index >= 15 is 0 Å². The third-order valence-corrected chi connectivity index (χ3v) is 2.28. The van der Waals surface area contributed by atoms with Gasteiger partial charge in [0.05, 0.1) is 0 Å². The zero-order valence-electron chi connectivity index (χ0n) is 13.9. The fourth-order valence-electron chi connectivity index (χ4n) is 1.64. The van der Waals surface area contributed by atoms with Crippen LogP contribution in [0.1, 0.15) is 41.5 Å². The Kier molecular flexibility index (Phi) is 7.43. The van der Waals surface area contributed by atoms with Crippen molar-refractivity contribution in [1.82, 2.24) is 4.90 Å². The molecule has 0 aromatic rings. The summed E-state index contributed by atoms with van der Waals surface area (Å²) in [4.78, 5) is 25.1. The van der Waals surface area contributed by atoms with Gasteiger partial charge in [0.15, 0.2) is 6.04 Å². The molecule has 6 nitrogen and oxygen atoms in total. The molecule has 1 unspecified atom stereocenters. The molecule has 0 saturated heterocycles. The van der Waals surface area contributed by atoms with Crippen LogP contribution >= 0.6 is 0 Å². The zero-order valence-corrected chi connectivity index (χ0v) is 17.0. The van der Waals surface area contributed by atoms with Crippen LogP contribution in [-0.4, -0.2) is 40.8 Å². The number of hydrogen-bond acceptors (Lipinski definition) is 5. The van der Waals surface area contributed by atoms with Gasteiger partial charge < -0.3 is 14.6 Å². The summed E-state index contributed by atoms with van der Waals surface area (Å²) in [6.45, 7) is 10.1. The molecule has 0 fully saturated rings. The fourth-order valence-corrected chi connectivity index (χ4v) is 1.64. The first-order valence-corrected chi connectivity index (χ1v) is 6.49. The van der Waals surface area contributed by atoms with Gasteiger partial charge in [0, 0.05) is 6.54 Å². The van der Waals surface area contributed by atoms with E-state index in [-0.39, 0.29) is 63.7 Å². The molecule has 1 rings (SSSR count). The molecule has 114 valence electrons. The van der Waals surface area contributed by atoms with Gasteiger partial charge in [-0.15, -0.1) is 5.76 Å². The normalized spacial score (nSPS) is 18.7. The summed E-state index contributed by atoms with van der Waals surface area (Å²) >= 11 is 0. The predicted octanol–water partition coefficient (Wildman–Crippen LogP) is -1.80. The molecule has 0 bridgehead atoms. The molecule has 1 aliphatic rings. The quantitative estimate of drug-likeness (QED) is 0.420. The summed E-state index contributed by atoms with van der Waals surface area (Å²) in [5, 5.41) is 11.5. The van der Waals surface area contributed by atoms with Crippen molar-refractivity contribution in [2.24, 2.45) is 0 Å². The van der Waals surface area contributed by atoms with Gasteiger partial charge >= 0.3 is 63.4 Å². The van der Waals surface area contributed by atoms with Crippen LogP contribution in [0.2, 0.25) is 0 Å². The van der Waals surface area contributed by atoms with Crippen molar-refractivity contribution in [2.75, 3.05) is 6.54 Å². The largest absolute Gasteiger partial charge is 1.00 e. The van der Waals surface area contributed by atoms with Crippen molar-refractivity contribution in [3.8, 4) is 0 Å². The van der Waals surface area contributed by atoms with Gasteiger partial charge in [-0.3, -0.25) is 4.90 Å². The van der Waals surface area contributed by atoms with E-state index in [0.717, 1.165) is 4.90 Å². The van der Waals surface area contributed by atoms with Crippen molar-refractivity contribution in [2.45, 2.75) is 58.8 Å². The second-order valence-electron chi connectivity index (χ2n) is 6.72. The maximum Gasteiger partial charge on any atom is 1.00 e. The molecule has 7 heteroatoms. The van der Waals surface area contributed by atoms with Crippen molar-refractivity contribution in [1.29, 1.82) is 0 Å². The Labute approximate surface area is 168 Å². The summed E-state index contributed by atoms with van der Waals surface area (Å²) in [5.74, 6) is -0.930. The van der Waals surface area contributed by atoms with E-state index in [1.165, 1.54) is 6.08 Å². The Hall–Kier alpha value is -0.0836. The molecular formula is C14H22KNO5. The first kappa shape index (κ1) is 20.9. The van der Waals surface area contributed by atoms with Gasteiger partial charge in [-0.2, -0.15) is 0 Å². The number of nitrogens with zero attached hydrogens (tertiary/aromatic N) is 1. The van der Waals surface area contributed by atoms with Gasteiger partial charge in [0.1, 0.15) is 11.2 Å². The van der Waals surface area contributed by atoms with E-state index in [9.17, 15) is 14.7 Å². The number of esters is 1. The van der Waals surface area contributed by atoms with Crippen molar-refractivity contribution >= 4 is 12.1 Å². The average Bonchev–Trinajstić information content (AvgIpc) is 2.55. The number of rotatable bonds is 1. The topological polar surface area (TPSA) is 78.9 Å². The molecule has 0 N–H and O–H groups in total. The third kappa shape index (κ3) is 7.14. The maximum absolute atomic E-state index is 12.0. The van der Waals surface area contributed by atoms with E-state index in [2.05, 4.69) is 0 Å². The van der Waals surface area contributed by atoms with Gasteiger partial charge in [-0.1, -0.05) is 6.08 Å². The Morgan fingerprint density at radius 3 is 2.05 bits per heavy atom. The Bertz CT molecular complexity index is 434. The SMILES string of the molecule is CC(C)(C)OC(=O)C1C=C([O-])CN1C(=O)OC(C)(C)C.[K+]. The molecule has 0 aliphatic carbocycles. The van der Waals surface area contributed by atoms with Crippen LogP contribution in [0.25, 0.3) is 0 Å². The Morgan fingerprint density at radius 1 is 1.14 bits per heavy atom. The number of carbonyl (C=O) groups excluding carboxylic acids is 2. The smallest absolute Gasteiger partial charge is 0.874 e. The first-order valence-electron chi connectivity index (χ1n) is 6.49. The third-order valence-electron chi connectivity index (χ3n) is 2.28. The monoisotopic (exact) mass is 323 g/mol. The molecule has 21 heavy (non-hydrogen) atoms. The number of ether oxygens (including phenoxy) is 2. The minimum atomic E-state index is -1.02. The minimum Gasteiger partial charge on any atom is -0.874 e. The number of amides is 1. The summed E-state index contributed by atoms with van der Waals surface area (Å²) in [6, 6.07) is -1.02. The minimum absolute atomic E-state index is 0. The van der Waals surface area contributed by atoms with Gasteiger partial charge in [0.25, 0.3) is 0 Å². The van der Waals surface area contributed by atoms with Gasteiger partial charge in [0.2, 0.25) is 0 Å². The summed E-state index contributed by atoms with van der Waals surface area (Å²) < 4.78 is 10.4. The molecule has 1 heterocycles. The molecule has 0 aromatic heterocycles. The van der Waals surface area contributed by atoms with Gasteiger partial charge in [-0.25, -0.2) is 9.59 Å². The van der Waals surface area contributed by atoms with Crippen LogP contribution in [0, 0.1) is 0 Å². The van der Waals surface area contributed by atoms with Crippen LogP contribution in [-0.2, 0) is 14.3 Å². The van der Waals surface area contributed by atoms with Crippen molar-refractivity contribution in [3.05, 3.63) is 11.8 Å². The zero-order chi connectivity index (χ0) is 15.7. The molecule has 0 saturated carbocycles. The van der Waals surface area contributed by atoms with E-state index in [1.54, 1.807) is 41.5 Å². The van der Waals surface area contributed by atoms with E-state index in [4.69, 9.17) is 9.47 Å². The van der Waals surface area contributed by atoms with Crippen LogP contribution in [0.3, 0.4) is 0 Å². The molecular weight excluding hydrogens is 301 g/mol. The Balaban J connectivity index is 0.00000400. The standard InChI is InChI=1S/C14H23NO5.K/c1-13(2,3)19-11(17)10-7-9(16)8-15(10)12(18)20-14(4,5)6;/h7,10,16H,8H2,1-6H3;/q;+1/p-1. The molecule has 0 spiro atoms. The van der Waals surface area contributed by atoms with Crippen molar-refractivity contribution < 1.29 is 75.6 Å².